The molecule has 122 heavy (non-hydrogen) atoms. The smallest absolute Gasteiger partial charge is 0.235 e. The molecule has 19 aromatic carbocycles. The second-order valence-electron chi connectivity index (χ2n) is 32.2. The fourth-order valence-electron chi connectivity index (χ4n) is 20.4. The van der Waals surface area contributed by atoms with Crippen molar-refractivity contribution in [1.29, 1.82) is 0 Å². The molecule has 0 N–H and O–H groups in total. The molecular formula is C114H72N8. The van der Waals surface area contributed by atoms with Crippen molar-refractivity contribution in [3.63, 3.8) is 0 Å². The van der Waals surface area contributed by atoms with Crippen LogP contribution in [0.1, 0.15) is 34.2 Å². The van der Waals surface area contributed by atoms with E-state index in [4.69, 9.17) is 19.9 Å². The van der Waals surface area contributed by atoms with Gasteiger partial charge in [-0.2, -0.15) is 0 Å². The van der Waals surface area contributed by atoms with Gasteiger partial charge in [0.25, 0.3) is 0 Å². The molecule has 568 valence electrons. The summed E-state index contributed by atoms with van der Waals surface area (Å²) in [5, 5.41) is 19.1. The van der Waals surface area contributed by atoms with Gasteiger partial charge in [-0.15, -0.1) is 0 Å². The van der Waals surface area contributed by atoms with Gasteiger partial charge in [0.2, 0.25) is 11.9 Å². The largest absolute Gasteiger partial charge is 0.309 e. The van der Waals surface area contributed by atoms with Crippen molar-refractivity contribution >= 4 is 148 Å². The number of nitrogens with zero attached hydrogens (tertiary/aromatic N) is 8. The quantitative estimate of drug-likeness (QED) is 0.144. The Bertz CT molecular complexity index is 8490. The molecular weight excluding hydrogens is 1480 g/mol. The topological polar surface area (TPSA) is 69.6 Å². The second kappa shape index (κ2) is 27.7. The summed E-state index contributed by atoms with van der Waals surface area (Å²) in [5.74, 6) is 1.40. The Balaban J connectivity index is 0.000000134. The van der Waals surface area contributed by atoms with Gasteiger partial charge in [-0.3, -0.25) is 4.57 Å². The number of fused-ring (bicyclic) bond motifs is 23. The van der Waals surface area contributed by atoms with Gasteiger partial charge in [0, 0.05) is 82.6 Å². The van der Waals surface area contributed by atoms with E-state index in [0.717, 1.165) is 94.1 Å². The van der Waals surface area contributed by atoms with Gasteiger partial charge in [-0.05, 0) is 179 Å². The molecule has 0 radical (unpaired) electrons. The average molecular weight is 1550 g/mol. The third-order valence-corrected chi connectivity index (χ3v) is 25.6. The van der Waals surface area contributed by atoms with Crippen LogP contribution in [0.4, 0.5) is 11.6 Å². The molecule has 5 aromatic heterocycles. The minimum absolute atomic E-state index is 0.0467. The summed E-state index contributed by atoms with van der Waals surface area (Å²) < 4.78 is 7.16. The zero-order valence-corrected chi connectivity index (χ0v) is 66.1. The zero-order chi connectivity index (χ0) is 80.0. The number of para-hydroxylation sites is 8. The normalized spacial score (nSPS) is 13.8. The lowest BCUT2D eigenvalue weighted by atomic mass is 9.76. The number of anilines is 2. The van der Waals surface area contributed by atoms with Gasteiger partial charge in [0.05, 0.1) is 61.6 Å². The molecule has 1 aliphatic carbocycles. The summed E-state index contributed by atoms with van der Waals surface area (Å²) in [7, 11) is 0. The van der Waals surface area contributed by atoms with Gasteiger partial charge < -0.3 is 14.0 Å². The first kappa shape index (κ1) is 69.0. The van der Waals surface area contributed by atoms with Crippen molar-refractivity contribution in [2.45, 2.75) is 12.0 Å². The molecule has 24 aromatic rings. The van der Waals surface area contributed by atoms with Crippen molar-refractivity contribution < 1.29 is 0 Å². The van der Waals surface area contributed by atoms with E-state index in [1.165, 1.54) is 126 Å². The Morgan fingerprint density at radius 3 is 1.32 bits per heavy atom. The summed E-state index contributed by atoms with van der Waals surface area (Å²) >= 11 is 0. The molecule has 2 atom stereocenters. The van der Waals surface area contributed by atoms with Crippen LogP contribution in [0.25, 0.3) is 198 Å². The van der Waals surface area contributed by atoms with Crippen LogP contribution in [0.2, 0.25) is 0 Å². The molecule has 26 rings (SSSR count). The van der Waals surface area contributed by atoms with Gasteiger partial charge in [-0.25, -0.2) is 19.9 Å². The van der Waals surface area contributed by atoms with Gasteiger partial charge >= 0.3 is 0 Å². The predicted molar refractivity (Wildman–Crippen MR) is 508 cm³/mol. The lowest BCUT2D eigenvalue weighted by molar-refractivity contribution is 0.654. The summed E-state index contributed by atoms with van der Waals surface area (Å²) in [5.41, 5.74) is 27.2. The van der Waals surface area contributed by atoms with Crippen molar-refractivity contribution in [2.75, 3.05) is 4.90 Å². The van der Waals surface area contributed by atoms with E-state index < -0.39 is 0 Å². The van der Waals surface area contributed by atoms with Crippen LogP contribution in [0.5, 0.6) is 0 Å². The third-order valence-electron chi connectivity index (χ3n) is 25.6. The van der Waals surface area contributed by atoms with Crippen LogP contribution >= 0.6 is 0 Å². The van der Waals surface area contributed by atoms with E-state index in [0.29, 0.717) is 11.9 Å². The van der Waals surface area contributed by atoms with Crippen LogP contribution < -0.4 is 4.90 Å². The molecule has 0 spiro atoms. The van der Waals surface area contributed by atoms with Gasteiger partial charge in [0.15, 0.2) is 0 Å². The maximum atomic E-state index is 5.55. The molecule has 0 bridgehead atoms. The minimum Gasteiger partial charge on any atom is -0.309 e. The fourth-order valence-corrected chi connectivity index (χ4v) is 20.4. The first-order valence-electron chi connectivity index (χ1n) is 41.9. The number of aromatic nitrogens is 7. The lowest BCUT2D eigenvalue weighted by Crippen LogP contribution is -2.26. The highest BCUT2D eigenvalue weighted by Gasteiger charge is 2.45. The van der Waals surface area contributed by atoms with Crippen molar-refractivity contribution in [2.24, 2.45) is 0 Å². The monoisotopic (exact) mass is 1550 g/mol. The summed E-state index contributed by atoms with van der Waals surface area (Å²) in [4.78, 5) is 24.2. The van der Waals surface area contributed by atoms with Crippen molar-refractivity contribution in [3.8, 4) is 62.1 Å². The highest BCUT2D eigenvalue weighted by atomic mass is 15.3. The Labute approximate surface area is 702 Å². The molecule has 8 heteroatoms. The molecule has 0 saturated carbocycles. The second-order valence-corrected chi connectivity index (χ2v) is 32.2. The fraction of sp³-hybridized carbons (Fsp3) is 0.0175. The maximum absolute atomic E-state index is 5.55. The first-order chi connectivity index (χ1) is 60.6. The maximum Gasteiger partial charge on any atom is 0.235 e. The molecule has 6 heterocycles. The molecule has 0 fully saturated rings. The number of hydrogen-bond donors (Lipinski definition) is 0. The highest BCUT2D eigenvalue weighted by Crippen LogP contribution is 2.59. The Kier molecular flexibility index (Phi) is 15.7. The molecule has 2 unspecified atom stereocenters. The molecule has 1 aliphatic heterocycles. The number of hydrogen-bond acceptors (Lipinski definition) is 5. The predicted octanol–water partition coefficient (Wildman–Crippen LogP) is 29.3. The van der Waals surface area contributed by atoms with Crippen LogP contribution in [0.15, 0.2) is 425 Å². The van der Waals surface area contributed by atoms with Crippen LogP contribution in [0.3, 0.4) is 0 Å². The van der Waals surface area contributed by atoms with Gasteiger partial charge in [0.1, 0.15) is 0 Å². The van der Waals surface area contributed by atoms with E-state index >= 15 is 0 Å². The number of rotatable bonds is 9. The van der Waals surface area contributed by atoms with Crippen LogP contribution in [-0.2, 0) is 0 Å². The van der Waals surface area contributed by atoms with E-state index in [2.05, 4.69) is 443 Å². The first-order valence-corrected chi connectivity index (χ1v) is 41.9. The Hall–Kier alpha value is -16.2. The SMILES string of the molecule is C1=C(c2cc3c(c4ccccc24)c2ccccc2n3-c2ccccc2)c2ccccc2C2C1c1ccccc1N2c1nc(-c2cccc(-c3ccccc3)c2)c2ccccc2n1.c1ccc(-n2c3ccccc3c3c4ccccc4c(-c4cc5c6ccccc6n(-c6nc(-c7ccc8ccccc8c7)c7ccccc7n6)c5c5ccccc45)cc32)cc1. The molecule has 2 aliphatic rings. The molecule has 8 nitrogen and oxygen atoms in total. The van der Waals surface area contributed by atoms with Gasteiger partial charge in [-0.1, -0.05) is 334 Å². The third kappa shape index (κ3) is 10.7. The van der Waals surface area contributed by atoms with E-state index in [1.54, 1.807) is 0 Å². The van der Waals surface area contributed by atoms with Crippen molar-refractivity contribution in [3.05, 3.63) is 447 Å². The summed E-state index contributed by atoms with van der Waals surface area (Å²) in [6.45, 7) is 0. The van der Waals surface area contributed by atoms with E-state index in [-0.39, 0.29) is 12.0 Å². The molecule has 0 saturated heterocycles. The molecule has 0 amide bonds. The van der Waals surface area contributed by atoms with E-state index in [1.807, 2.05) is 0 Å². The lowest BCUT2D eigenvalue weighted by Gasteiger charge is -2.34. The summed E-state index contributed by atoms with van der Waals surface area (Å²) in [6.07, 6.45) is 2.54. The van der Waals surface area contributed by atoms with Crippen LogP contribution in [-0.4, -0.2) is 33.6 Å². The zero-order valence-electron chi connectivity index (χ0n) is 66.1. The Morgan fingerprint density at radius 1 is 0.230 bits per heavy atom. The van der Waals surface area contributed by atoms with Crippen LogP contribution in [0, 0.1) is 0 Å². The summed E-state index contributed by atoms with van der Waals surface area (Å²) in [6, 6.07) is 151. The van der Waals surface area contributed by atoms with E-state index in [9.17, 15) is 0 Å². The average Bonchev–Trinajstić information content (AvgIpc) is 1.56. The van der Waals surface area contributed by atoms with Crippen molar-refractivity contribution in [1.82, 2.24) is 33.6 Å². The minimum atomic E-state index is -0.0530. The highest BCUT2D eigenvalue weighted by molar-refractivity contribution is 6.29. The standard InChI is InChI=1S/C58H38N4.C56H34N4/c1-3-18-37(19-4-1)38-20-17-21-39(34-38)56-46-29-11-14-31-51(46)59-58(60-56)62-52-32-15-12-26-43(52)50-35-48(42-25-8-10-28-45(42)57(50)62)49-36-54-55(44-27-9-7-24-41(44)49)47-30-13-16-33-53(47)61(54)40-22-5-2-6-23-40;1-2-18-38(19-3-1)59-51-29-15-12-26-45(51)53-42-23-8-6-20-39(42)47(34-52(53)59)46-33-48-41-22-11-14-28-50(41)60(55(48)43-24-9-7-21-40(43)46)56-57-49-27-13-10-25-44(49)54(58-56)37-31-30-35-16-4-5-17-36(35)32-37/h1-36,50,57H;1-34H. The number of benzene rings is 19. The Morgan fingerprint density at radius 2 is 0.672 bits per heavy atom.